The van der Waals surface area contributed by atoms with Gasteiger partial charge < -0.3 is 10.2 Å². The number of urea groups is 1. The van der Waals surface area contributed by atoms with Crippen LogP contribution in [0, 0.1) is 0 Å². The molecule has 6 nitrogen and oxygen atoms in total. The molecule has 0 aliphatic heterocycles. The molecule has 2 aromatic rings. The van der Waals surface area contributed by atoms with Gasteiger partial charge in [-0.15, -0.1) is 11.3 Å². The number of amides is 3. The number of halogens is 2. The van der Waals surface area contributed by atoms with Crippen molar-refractivity contribution in [2.24, 2.45) is 0 Å². The van der Waals surface area contributed by atoms with Crippen LogP contribution in [0.2, 0.25) is 10.0 Å². The Labute approximate surface area is 141 Å². The molecule has 2 rings (SSSR count). The fourth-order valence-corrected chi connectivity index (χ4v) is 2.35. The number of carbonyl (C=O) groups excluding carboxylic acids is 2. The van der Waals surface area contributed by atoms with E-state index in [2.05, 4.69) is 15.6 Å². The van der Waals surface area contributed by atoms with E-state index >= 15 is 0 Å². The summed E-state index contributed by atoms with van der Waals surface area (Å²) < 4.78 is 0. The Hall–Kier alpha value is -1.83. The van der Waals surface area contributed by atoms with Crippen LogP contribution in [0.3, 0.4) is 0 Å². The van der Waals surface area contributed by atoms with Gasteiger partial charge in [0.2, 0.25) is 5.91 Å². The molecule has 0 saturated carbocycles. The van der Waals surface area contributed by atoms with Crippen LogP contribution in [0.5, 0.6) is 0 Å². The first-order chi connectivity index (χ1) is 10.5. The minimum absolute atomic E-state index is 0.114. The third-order valence-corrected chi connectivity index (χ3v) is 4.00. The number of hydrogen-bond acceptors (Lipinski definition) is 4. The Morgan fingerprint density at radius 3 is 2.68 bits per heavy atom. The standard InChI is InChI=1S/C13H12Cl2N4O2S/c1-19(13(21)18-12-16-4-5-22-12)7-11(20)17-8-2-3-9(14)10(15)6-8/h2-6H,7H2,1H3,(H,17,20)(H,16,18,21). The van der Waals surface area contributed by atoms with Crippen LogP contribution in [0.25, 0.3) is 0 Å². The van der Waals surface area contributed by atoms with Crippen molar-refractivity contribution in [1.29, 1.82) is 0 Å². The summed E-state index contributed by atoms with van der Waals surface area (Å²) in [5.41, 5.74) is 0.508. The van der Waals surface area contributed by atoms with E-state index in [1.807, 2.05) is 0 Å². The summed E-state index contributed by atoms with van der Waals surface area (Å²) in [7, 11) is 1.51. The highest BCUT2D eigenvalue weighted by Crippen LogP contribution is 2.24. The summed E-state index contributed by atoms with van der Waals surface area (Å²) in [5.74, 6) is -0.352. The number of nitrogens with zero attached hydrogens (tertiary/aromatic N) is 2. The van der Waals surface area contributed by atoms with Crippen molar-refractivity contribution in [3.05, 3.63) is 39.8 Å². The summed E-state index contributed by atoms with van der Waals surface area (Å²) in [6.45, 7) is -0.114. The lowest BCUT2D eigenvalue weighted by molar-refractivity contribution is -0.116. The predicted octanol–water partition coefficient (Wildman–Crippen LogP) is 3.55. The lowest BCUT2D eigenvalue weighted by Crippen LogP contribution is -2.37. The SMILES string of the molecule is CN(CC(=O)Nc1ccc(Cl)c(Cl)c1)C(=O)Nc1nccs1. The first-order valence-electron chi connectivity index (χ1n) is 6.12. The monoisotopic (exact) mass is 358 g/mol. The average Bonchev–Trinajstić information content (AvgIpc) is 2.95. The minimum Gasteiger partial charge on any atom is -0.324 e. The third kappa shape index (κ3) is 4.59. The number of thiazole rings is 1. The Bertz CT molecular complexity index is 679. The van der Waals surface area contributed by atoms with Crippen LogP contribution in [0.1, 0.15) is 0 Å². The molecule has 0 radical (unpaired) electrons. The molecular weight excluding hydrogens is 347 g/mol. The molecule has 0 aliphatic carbocycles. The summed E-state index contributed by atoms with van der Waals surface area (Å²) in [6, 6.07) is 4.33. The van der Waals surface area contributed by atoms with Crippen molar-refractivity contribution >= 4 is 57.3 Å². The Morgan fingerprint density at radius 1 is 1.27 bits per heavy atom. The van der Waals surface area contributed by atoms with Gasteiger partial charge >= 0.3 is 6.03 Å². The molecule has 0 spiro atoms. The van der Waals surface area contributed by atoms with Gasteiger partial charge in [0.1, 0.15) is 6.54 Å². The number of benzene rings is 1. The number of carbonyl (C=O) groups is 2. The van der Waals surface area contributed by atoms with E-state index in [0.29, 0.717) is 20.9 Å². The molecule has 1 heterocycles. The molecule has 0 unspecified atom stereocenters. The maximum Gasteiger partial charge on any atom is 0.323 e. The van der Waals surface area contributed by atoms with Crippen molar-refractivity contribution in [2.75, 3.05) is 24.2 Å². The van der Waals surface area contributed by atoms with Gasteiger partial charge in [-0.2, -0.15) is 0 Å². The third-order valence-electron chi connectivity index (χ3n) is 2.58. The first kappa shape index (κ1) is 16.5. The predicted molar refractivity (Wildman–Crippen MR) is 88.9 cm³/mol. The molecule has 0 fully saturated rings. The maximum atomic E-state index is 11.9. The van der Waals surface area contributed by atoms with Gasteiger partial charge in [0.15, 0.2) is 5.13 Å². The zero-order valence-electron chi connectivity index (χ0n) is 11.5. The van der Waals surface area contributed by atoms with Crippen molar-refractivity contribution in [3.8, 4) is 0 Å². The Balaban J connectivity index is 1.87. The average molecular weight is 359 g/mol. The second-order valence-electron chi connectivity index (χ2n) is 4.30. The van der Waals surface area contributed by atoms with E-state index in [1.165, 1.54) is 29.4 Å². The zero-order valence-corrected chi connectivity index (χ0v) is 13.8. The van der Waals surface area contributed by atoms with Gasteiger partial charge in [-0.05, 0) is 18.2 Å². The second-order valence-corrected chi connectivity index (χ2v) is 6.01. The largest absolute Gasteiger partial charge is 0.324 e. The van der Waals surface area contributed by atoms with Crippen LogP contribution in [0.4, 0.5) is 15.6 Å². The molecule has 0 bridgehead atoms. The minimum atomic E-state index is -0.417. The van der Waals surface area contributed by atoms with Crippen molar-refractivity contribution in [1.82, 2.24) is 9.88 Å². The molecule has 22 heavy (non-hydrogen) atoms. The van der Waals surface area contributed by atoms with Gasteiger partial charge in [-0.1, -0.05) is 23.2 Å². The van der Waals surface area contributed by atoms with Crippen LogP contribution in [0.15, 0.2) is 29.8 Å². The molecule has 116 valence electrons. The molecule has 0 aliphatic rings. The molecule has 1 aromatic heterocycles. The number of anilines is 2. The molecule has 3 amide bonds. The first-order valence-corrected chi connectivity index (χ1v) is 7.76. The summed E-state index contributed by atoms with van der Waals surface area (Å²) in [4.78, 5) is 28.9. The van der Waals surface area contributed by atoms with E-state index in [1.54, 1.807) is 23.7 Å². The van der Waals surface area contributed by atoms with E-state index in [-0.39, 0.29) is 12.5 Å². The second kappa shape index (κ2) is 7.44. The van der Waals surface area contributed by atoms with Crippen LogP contribution < -0.4 is 10.6 Å². The van der Waals surface area contributed by atoms with E-state index < -0.39 is 6.03 Å². The van der Waals surface area contributed by atoms with Crippen molar-refractivity contribution in [3.63, 3.8) is 0 Å². The smallest absolute Gasteiger partial charge is 0.323 e. The quantitative estimate of drug-likeness (QED) is 0.877. The van der Waals surface area contributed by atoms with Gasteiger partial charge in [-0.25, -0.2) is 9.78 Å². The normalized spacial score (nSPS) is 10.1. The van der Waals surface area contributed by atoms with Gasteiger partial charge in [0.25, 0.3) is 0 Å². The molecule has 0 atom stereocenters. The molecule has 9 heteroatoms. The molecule has 1 aromatic carbocycles. The van der Waals surface area contributed by atoms with Crippen molar-refractivity contribution < 1.29 is 9.59 Å². The molecule has 2 N–H and O–H groups in total. The maximum absolute atomic E-state index is 11.9. The lowest BCUT2D eigenvalue weighted by Gasteiger charge is -2.16. The Kier molecular flexibility index (Phi) is 5.59. The number of nitrogens with one attached hydrogen (secondary N) is 2. The van der Waals surface area contributed by atoms with Crippen LogP contribution >= 0.6 is 34.5 Å². The summed E-state index contributed by atoms with van der Waals surface area (Å²) in [5, 5.41) is 8.18. The number of likely N-dealkylation sites (N-methyl/N-ethyl adjacent to an activating group) is 1. The highest BCUT2D eigenvalue weighted by atomic mass is 35.5. The topological polar surface area (TPSA) is 74.3 Å². The number of aromatic nitrogens is 1. The Morgan fingerprint density at radius 2 is 2.05 bits per heavy atom. The van der Waals surface area contributed by atoms with Crippen LogP contribution in [-0.2, 0) is 4.79 Å². The van der Waals surface area contributed by atoms with Gasteiger partial charge in [-0.3, -0.25) is 10.1 Å². The van der Waals surface area contributed by atoms with E-state index in [9.17, 15) is 9.59 Å². The molecular formula is C13H12Cl2N4O2S. The number of hydrogen-bond donors (Lipinski definition) is 2. The highest BCUT2D eigenvalue weighted by molar-refractivity contribution is 7.13. The van der Waals surface area contributed by atoms with Crippen molar-refractivity contribution in [2.45, 2.75) is 0 Å². The zero-order chi connectivity index (χ0) is 16.1. The fourth-order valence-electron chi connectivity index (χ4n) is 1.53. The van der Waals surface area contributed by atoms with Gasteiger partial charge in [0, 0.05) is 24.3 Å². The fraction of sp³-hybridized carbons (Fsp3) is 0.154. The summed E-state index contributed by atoms with van der Waals surface area (Å²) >= 11 is 13.0. The summed E-state index contributed by atoms with van der Waals surface area (Å²) in [6.07, 6.45) is 1.58. The van der Waals surface area contributed by atoms with Gasteiger partial charge in [0.05, 0.1) is 10.0 Å². The molecule has 0 saturated heterocycles. The van der Waals surface area contributed by atoms with E-state index in [4.69, 9.17) is 23.2 Å². The lowest BCUT2D eigenvalue weighted by atomic mass is 10.3. The van der Waals surface area contributed by atoms with Crippen LogP contribution in [-0.4, -0.2) is 35.4 Å². The highest BCUT2D eigenvalue weighted by Gasteiger charge is 2.14. The number of rotatable bonds is 4. The van der Waals surface area contributed by atoms with E-state index in [0.717, 1.165) is 0 Å².